The third kappa shape index (κ3) is 4.33. The highest BCUT2D eigenvalue weighted by Crippen LogP contribution is 2.29. The van der Waals surface area contributed by atoms with Crippen LogP contribution in [0.1, 0.15) is 11.5 Å². The van der Waals surface area contributed by atoms with E-state index in [1.807, 2.05) is 6.07 Å². The third-order valence-electron chi connectivity index (χ3n) is 3.29. The molecule has 4 nitrogen and oxygen atoms in total. The van der Waals surface area contributed by atoms with Gasteiger partial charge in [-0.15, -0.1) is 0 Å². The van der Waals surface area contributed by atoms with Crippen molar-refractivity contribution in [3.05, 3.63) is 33.8 Å². The van der Waals surface area contributed by atoms with Crippen LogP contribution in [0.3, 0.4) is 0 Å². The van der Waals surface area contributed by atoms with E-state index in [4.69, 9.17) is 27.9 Å². The maximum Gasteiger partial charge on any atom is 0.149 e. The lowest BCUT2D eigenvalue weighted by atomic mass is 9.93. The summed E-state index contributed by atoms with van der Waals surface area (Å²) < 4.78 is 28.7. The van der Waals surface area contributed by atoms with Crippen molar-refractivity contribution in [2.24, 2.45) is 0 Å². The minimum Gasteiger partial charge on any atom is -0.379 e. The Morgan fingerprint density at radius 3 is 2.75 bits per heavy atom. The Kier molecular flexibility index (Phi) is 5.31. The highest BCUT2D eigenvalue weighted by Gasteiger charge is 2.28. The summed E-state index contributed by atoms with van der Waals surface area (Å²) in [5, 5.41) is 4.19. The summed E-state index contributed by atoms with van der Waals surface area (Å²) in [5.74, 6) is 0.00311. The van der Waals surface area contributed by atoms with Gasteiger partial charge >= 0.3 is 0 Å². The van der Waals surface area contributed by atoms with E-state index in [0.717, 1.165) is 5.56 Å². The van der Waals surface area contributed by atoms with Gasteiger partial charge in [0.15, 0.2) is 0 Å². The molecule has 1 saturated heterocycles. The van der Waals surface area contributed by atoms with E-state index >= 15 is 0 Å². The summed E-state index contributed by atoms with van der Waals surface area (Å²) in [4.78, 5) is 0. The van der Waals surface area contributed by atoms with Crippen LogP contribution in [0.5, 0.6) is 0 Å². The number of hydrogen-bond donors (Lipinski definition) is 1. The van der Waals surface area contributed by atoms with Crippen molar-refractivity contribution in [3.63, 3.8) is 0 Å². The van der Waals surface area contributed by atoms with Crippen LogP contribution in [0.25, 0.3) is 0 Å². The molecule has 1 aromatic carbocycles. The van der Waals surface area contributed by atoms with Gasteiger partial charge in [-0.3, -0.25) is 0 Å². The topological polar surface area (TPSA) is 55.4 Å². The molecular formula is C13H17Cl2NO3S. The standard InChI is InChI=1S/C13H17Cl2NO3S/c1-20(17,18)8-13-10(7-19-5-4-16-13)9-2-3-11(14)12(15)6-9/h2-3,6,10,13,16H,4-5,7-8H2,1H3. The van der Waals surface area contributed by atoms with E-state index in [0.29, 0.717) is 29.8 Å². The summed E-state index contributed by atoms with van der Waals surface area (Å²) in [5.41, 5.74) is 0.933. The van der Waals surface area contributed by atoms with Crippen LogP contribution < -0.4 is 5.32 Å². The van der Waals surface area contributed by atoms with E-state index in [2.05, 4.69) is 5.32 Å². The zero-order valence-corrected chi connectivity index (χ0v) is 13.4. The summed E-state index contributed by atoms with van der Waals surface area (Å²) in [6, 6.07) is 5.18. The number of nitrogens with one attached hydrogen (secondary N) is 1. The fourth-order valence-electron chi connectivity index (χ4n) is 2.36. The molecule has 0 saturated carbocycles. The smallest absolute Gasteiger partial charge is 0.149 e. The Morgan fingerprint density at radius 2 is 2.10 bits per heavy atom. The highest BCUT2D eigenvalue weighted by atomic mass is 35.5. The Labute approximate surface area is 129 Å². The molecule has 0 aliphatic carbocycles. The minimum atomic E-state index is -3.08. The van der Waals surface area contributed by atoms with E-state index in [-0.39, 0.29) is 17.7 Å². The van der Waals surface area contributed by atoms with Gasteiger partial charge in [-0.05, 0) is 17.7 Å². The normalized spacial score (nSPS) is 24.4. The number of rotatable bonds is 3. The molecule has 0 radical (unpaired) electrons. The molecule has 1 aliphatic heterocycles. The molecule has 2 atom stereocenters. The van der Waals surface area contributed by atoms with Crippen LogP contribution in [-0.4, -0.2) is 46.2 Å². The second-order valence-corrected chi connectivity index (χ2v) is 8.01. The number of halogens is 2. The maximum absolute atomic E-state index is 11.6. The molecular weight excluding hydrogens is 321 g/mol. The largest absolute Gasteiger partial charge is 0.379 e. The van der Waals surface area contributed by atoms with Gasteiger partial charge in [0, 0.05) is 24.8 Å². The second-order valence-electron chi connectivity index (χ2n) is 5.01. The van der Waals surface area contributed by atoms with Gasteiger partial charge in [0.2, 0.25) is 0 Å². The first-order valence-electron chi connectivity index (χ1n) is 6.30. The van der Waals surface area contributed by atoms with Crippen LogP contribution in [0, 0.1) is 0 Å². The highest BCUT2D eigenvalue weighted by molar-refractivity contribution is 7.90. The first-order valence-corrected chi connectivity index (χ1v) is 9.12. The molecule has 0 spiro atoms. The number of benzene rings is 1. The zero-order valence-electron chi connectivity index (χ0n) is 11.1. The van der Waals surface area contributed by atoms with Gasteiger partial charge in [-0.1, -0.05) is 29.3 Å². The van der Waals surface area contributed by atoms with Gasteiger partial charge in [0.25, 0.3) is 0 Å². The second kappa shape index (κ2) is 6.62. The molecule has 0 amide bonds. The molecule has 2 rings (SSSR count). The van der Waals surface area contributed by atoms with Gasteiger partial charge in [-0.2, -0.15) is 0 Å². The molecule has 112 valence electrons. The fraction of sp³-hybridized carbons (Fsp3) is 0.538. The van der Waals surface area contributed by atoms with Crippen molar-refractivity contribution in [2.75, 3.05) is 31.8 Å². The van der Waals surface area contributed by atoms with Gasteiger partial charge in [-0.25, -0.2) is 8.42 Å². The van der Waals surface area contributed by atoms with Crippen LogP contribution in [0.4, 0.5) is 0 Å². The lowest BCUT2D eigenvalue weighted by Gasteiger charge is -2.25. The predicted molar refractivity (Wildman–Crippen MR) is 81.5 cm³/mol. The monoisotopic (exact) mass is 337 g/mol. The molecule has 0 aromatic heterocycles. The molecule has 1 heterocycles. The van der Waals surface area contributed by atoms with Crippen molar-refractivity contribution in [3.8, 4) is 0 Å². The van der Waals surface area contributed by atoms with Gasteiger partial charge in [0.05, 0.1) is 29.0 Å². The third-order valence-corrected chi connectivity index (χ3v) is 4.99. The predicted octanol–water partition coefficient (Wildman–Crippen LogP) is 2.11. The summed E-state index contributed by atoms with van der Waals surface area (Å²) in [6.45, 7) is 1.67. The van der Waals surface area contributed by atoms with Crippen molar-refractivity contribution in [1.82, 2.24) is 5.32 Å². The molecule has 2 unspecified atom stereocenters. The van der Waals surface area contributed by atoms with E-state index < -0.39 is 9.84 Å². The Hall–Kier alpha value is -0.330. The Bertz CT molecular complexity index is 577. The molecule has 7 heteroatoms. The molecule has 1 N–H and O–H groups in total. The molecule has 20 heavy (non-hydrogen) atoms. The van der Waals surface area contributed by atoms with Gasteiger partial charge in [0.1, 0.15) is 9.84 Å². The summed E-state index contributed by atoms with van der Waals surface area (Å²) in [6.07, 6.45) is 1.24. The summed E-state index contributed by atoms with van der Waals surface area (Å²) >= 11 is 12.0. The minimum absolute atomic E-state index is 0.0676. The number of hydrogen-bond acceptors (Lipinski definition) is 4. The fourth-order valence-corrected chi connectivity index (χ4v) is 3.67. The van der Waals surface area contributed by atoms with Crippen molar-refractivity contribution < 1.29 is 13.2 Å². The van der Waals surface area contributed by atoms with E-state index in [1.54, 1.807) is 12.1 Å². The average molecular weight is 338 g/mol. The van der Waals surface area contributed by atoms with E-state index in [9.17, 15) is 8.42 Å². The lowest BCUT2D eigenvalue weighted by Crippen LogP contribution is -2.40. The Morgan fingerprint density at radius 1 is 1.35 bits per heavy atom. The molecule has 1 aromatic rings. The molecule has 1 aliphatic rings. The first-order chi connectivity index (χ1) is 9.37. The number of sulfone groups is 1. The van der Waals surface area contributed by atoms with Crippen LogP contribution in [0.15, 0.2) is 18.2 Å². The van der Waals surface area contributed by atoms with Crippen LogP contribution in [-0.2, 0) is 14.6 Å². The van der Waals surface area contributed by atoms with Gasteiger partial charge < -0.3 is 10.1 Å². The van der Waals surface area contributed by atoms with Crippen LogP contribution in [0.2, 0.25) is 10.0 Å². The zero-order chi connectivity index (χ0) is 14.8. The average Bonchev–Trinajstić information content (AvgIpc) is 2.56. The SMILES string of the molecule is CS(=O)(=O)CC1NCCOCC1c1ccc(Cl)c(Cl)c1. The van der Waals surface area contributed by atoms with Crippen molar-refractivity contribution in [1.29, 1.82) is 0 Å². The summed E-state index contributed by atoms with van der Waals surface area (Å²) in [7, 11) is -3.08. The van der Waals surface area contributed by atoms with Crippen molar-refractivity contribution >= 4 is 33.0 Å². The molecule has 0 bridgehead atoms. The Balaban J connectivity index is 2.29. The quantitative estimate of drug-likeness (QED) is 0.917. The van der Waals surface area contributed by atoms with Crippen LogP contribution >= 0.6 is 23.2 Å². The molecule has 1 fully saturated rings. The van der Waals surface area contributed by atoms with Crippen molar-refractivity contribution in [2.45, 2.75) is 12.0 Å². The number of ether oxygens (including phenoxy) is 1. The maximum atomic E-state index is 11.6. The first kappa shape index (κ1) is 16.0. The van der Waals surface area contributed by atoms with E-state index in [1.165, 1.54) is 6.26 Å². The lowest BCUT2D eigenvalue weighted by molar-refractivity contribution is 0.138.